The lowest BCUT2D eigenvalue weighted by Crippen LogP contribution is -2.10. The van der Waals surface area contributed by atoms with Crippen molar-refractivity contribution < 1.29 is 9.47 Å². The molecule has 0 bridgehead atoms. The molecule has 0 saturated carbocycles. The van der Waals surface area contributed by atoms with E-state index in [2.05, 4.69) is 10.3 Å². The van der Waals surface area contributed by atoms with Crippen molar-refractivity contribution in [2.24, 2.45) is 0 Å². The summed E-state index contributed by atoms with van der Waals surface area (Å²) in [6.45, 7) is 0.742. The standard InChI is InChI=1S/C14H14Cl2N2O2/c1-17-13-11(15)9-12(16)14(18-13)20-8-7-19-10-5-3-2-4-6-10/h2-6,9H,7-8H2,1H3,(H,17,18). The highest BCUT2D eigenvalue weighted by molar-refractivity contribution is 6.36. The van der Waals surface area contributed by atoms with Gasteiger partial charge in [-0.3, -0.25) is 0 Å². The Morgan fingerprint density at radius 3 is 2.45 bits per heavy atom. The normalized spacial score (nSPS) is 10.2. The van der Waals surface area contributed by atoms with Crippen molar-refractivity contribution in [2.75, 3.05) is 25.6 Å². The molecule has 6 heteroatoms. The van der Waals surface area contributed by atoms with Crippen molar-refractivity contribution in [1.29, 1.82) is 0 Å². The summed E-state index contributed by atoms with van der Waals surface area (Å²) >= 11 is 12.0. The lowest BCUT2D eigenvalue weighted by Gasteiger charge is -2.11. The van der Waals surface area contributed by atoms with E-state index in [9.17, 15) is 0 Å². The number of hydrogen-bond donors (Lipinski definition) is 1. The molecular weight excluding hydrogens is 299 g/mol. The molecule has 0 aliphatic heterocycles. The summed E-state index contributed by atoms with van der Waals surface area (Å²) in [5.74, 6) is 1.65. The summed E-state index contributed by atoms with van der Waals surface area (Å²) in [7, 11) is 1.73. The highest BCUT2D eigenvalue weighted by atomic mass is 35.5. The first-order chi connectivity index (χ1) is 9.70. The van der Waals surface area contributed by atoms with Crippen molar-refractivity contribution in [3.05, 3.63) is 46.4 Å². The fourth-order valence-corrected chi connectivity index (χ4v) is 2.05. The van der Waals surface area contributed by atoms with Gasteiger partial charge in [0.2, 0.25) is 5.88 Å². The Balaban J connectivity index is 1.88. The van der Waals surface area contributed by atoms with Crippen LogP contribution in [-0.4, -0.2) is 25.2 Å². The van der Waals surface area contributed by atoms with Gasteiger partial charge in [0.05, 0.1) is 5.02 Å². The quantitative estimate of drug-likeness (QED) is 0.822. The minimum atomic E-state index is 0.331. The van der Waals surface area contributed by atoms with Crippen LogP contribution in [0, 0.1) is 0 Å². The average Bonchev–Trinajstić information content (AvgIpc) is 2.46. The second kappa shape index (κ2) is 7.22. The zero-order valence-corrected chi connectivity index (χ0v) is 12.4. The van der Waals surface area contributed by atoms with Gasteiger partial charge in [0.25, 0.3) is 0 Å². The topological polar surface area (TPSA) is 43.4 Å². The fourth-order valence-electron chi connectivity index (χ4n) is 1.54. The SMILES string of the molecule is CNc1nc(OCCOc2ccccc2)c(Cl)cc1Cl. The van der Waals surface area contributed by atoms with Gasteiger partial charge in [-0.25, -0.2) is 0 Å². The number of nitrogens with one attached hydrogen (secondary N) is 1. The van der Waals surface area contributed by atoms with E-state index < -0.39 is 0 Å². The van der Waals surface area contributed by atoms with Gasteiger partial charge in [-0.2, -0.15) is 4.98 Å². The first-order valence-electron chi connectivity index (χ1n) is 6.05. The summed E-state index contributed by atoms with van der Waals surface area (Å²) in [4.78, 5) is 4.18. The lowest BCUT2D eigenvalue weighted by molar-refractivity contribution is 0.212. The zero-order valence-electron chi connectivity index (χ0n) is 10.9. The highest BCUT2D eigenvalue weighted by Gasteiger charge is 2.09. The number of benzene rings is 1. The van der Waals surface area contributed by atoms with Crippen LogP contribution in [0.15, 0.2) is 36.4 Å². The molecular formula is C14H14Cl2N2O2. The van der Waals surface area contributed by atoms with Crippen LogP contribution < -0.4 is 14.8 Å². The summed E-state index contributed by atoms with van der Waals surface area (Å²) in [6.07, 6.45) is 0. The van der Waals surface area contributed by atoms with Gasteiger partial charge in [0, 0.05) is 7.05 Å². The van der Waals surface area contributed by atoms with Crippen molar-refractivity contribution in [3.8, 4) is 11.6 Å². The van der Waals surface area contributed by atoms with Gasteiger partial charge in [-0.05, 0) is 18.2 Å². The Morgan fingerprint density at radius 2 is 1.75 bits per heavy atom. The summed E-state index contributed by atoms with van der Waals surface area (Å²) in [5, 5.41) is 3.68. The molecule has 20 heavy (non-hydrogen) atoms. The molecule has 1 heterocycles. The molecule has 2 rings (SSSR count). The molecule has 4 nitrogen and oxygen atoms in total. The predicted molar refractivity (Wildman–Crippen MR) is 81.2 cm³/mol. The van der Waals surface area contributed by atoms with Crippen LogP contribution in [0.1, 0.15) is 0 Å². The molecule has 0 radical (unpaired) electrons. The van der Waals surface area contributed by atoms with E-state index in [0.717, 1.165) is 5.75 Å². The van der Waals surface area contributed by atoms with Crippen molar-refractivity contribution in [3.63, 3.8) is 0 Å². The maximum absolute atomic E-state index is 6.01. The number of ether oxygens (including phenoxy) is 2. The minimum absolute atomic E-state index is 0.331. The van der Waals surface area contributed by atoms with Crippen LogP contribution >= 0.6 is 23.2 Å². The molecule has 0 aliphatic carbocycles. The molecule has 0 saturated heterocycles. The van der Waals surface area contributed by atoms with E-state index in [-0.39, 0.29) is 0 Å². The summed E-state index contributed by atoms with van der Waals surface area (Å²) < 4.78 is 11.0. The molecule has 1 aromatic heterocycles. The van der Waals surface area contributed by atoms with Gasteiger partial charge in [0.1, 0.15) is 29.8 Å². The van der Waals surface area contributed by atoms with Crippen LogP contribution in [0.4, 0.5) is 5.82 Å². The molecule has 0 spiro atoms. The van der Waals surface area contributed by atoms with Crippen LogP contribution in [-0.2, 0) is 0 Å². The van der Waals surface area contributed by atoms with E-state index >= 15 is 0 Å². The molecule has 2 aromatic rings. The van der Waals surface area contributed by atoms with Gasteiger partial charge in [-0.15, -0.1) is 0 Å². The maximum atomic E-state index is 6.01. The Hall–Kier alpha value is -1.65. The number of aromatic nitrogens is 1. The lowest BCUT2D eigenvalue weighted by atomic mass is 10.3. The van der Waals surface area contributed by atoms with Gasteiger partial charge >= 0.3 is 0 Å². The number of anilines is 1. The minimum Gasteiger partial charge on any atom is -0.490 e. The number of hydrogen-bond acceptors (Lipinski definition) is 4. The third-order valence-electron chi connectivity index (χ3n) is 2.47. The number of halogens is 2. The number of para-hydroxylation sites is 1. The van der Waals surface area contributed by atoms with Gasteiger partial charge in [0.15, 0.2) is 0 Å². The van der Waals surface area contributed by atoms with E-state index in [4.69, 9.17) is 32.7 Å². The van der Waals surface area contributed by atoms with Crippen molar-refractivity contribution in [1.82, 2.24) is 4.98 Å². The second-order valence-electron chi connectivity index (χ2n) is 3.87. The van der Waals surface area contributed by atoms with E-state index in [0.29, 0.717) is 35.0 Å². The molecule has 0 amide bonds. The molecule has 0 aliphatic rings. The van der Waals surface area contributed by atoms with Gasteiger partial charge < -0.3 is 14.8 Å². The molecule has 1 N–H and O–H groups in total. The Labute approximate surface area is 127 Å². The summed E-state index contributed by atoms with van der Waals surface area (Å²) in [6, 6.07) is 11.1. The van der Waals surface area contributed by atoms with Crippen molar-refractivity contribution >= 4 is 29.0 Å². The summed E-state index contributed by atoms with van der Waals surface area (Å²) in [5.41, 5.74) is 0. The van der Waals surface area contributed by atoms with Crippen molar-refractivity contribution in [2.45, 2.75) is 0 Å². The number of pyridine rings is 1. The van der Waals surface area contributed by atoms with E-state index in [1.165, 1.54) is 0 Å². The maximum Gasteiger partial charge on any atom is 0.234 e. The van der Waals surface area contributed by atoms with Crippen LogP contribution in [0.2, 0.25) is 10.0 Å². The Morgan fingerprint density at radius 1 is 1.05 bits per heavy atom. The first kappa shape index (κ1) is 14.8. The second-order valence-corrected chi connectivity index (χ2v) is 4.68. The average molecular weight is 313 g/mol. The third kappa shape index (κ3) is 3.92. The molecule has 0 fully saturated rings. The van der Waals surface area contributed by atoms with Crippen LogP contribution in [0.5, 0.6) is 11.6 Å². The van der Waals surface area contributed by atoms with Crippen LogP contribution in [0.25, 0.3) is 0 Å². The zero-order chi connectivity index (χ0) is 14.4. The Bertz CT molecular complexity index is 565. The highest BCUT2D eigenvalue weighted by Crippen LogP contribution is 2.30. The van der Waals surface area contributed by atoms with Crippen LogP contribution in [0.3, 0.4) is 0 Å². The largest absolute Gasteiger partial charge is 0.490 e. The molecule has 106 valence electrons. The smallest absolute Gasteiger partial charge is 0.234 e. The monoisotopic (exact) mass is 312 g/mol. The number of rotatable bonds is 6. The van der Waals surface area contributed by atoms with E-state index in [1.54, 1.807) is 13.1 Å². The Kier molecular flexibility index (Phi) is 5.32. The molecule has 1 aromatic carbocycles. The molecule has 0 atom stereocenters. The predicted octanol–water partition coefficient (Wildman–Crippen LogP) is 3.89. The fraction of sp³-hybridized carbons (Fsp3) is 0.214. The number of nitrogens with zero attached hydrogens (tertiary/aromatic N) is 1. The third-order valence-corrected chi connectivity index (χ3v) is 3.03. The van der Waals surface area contributed by atoms with Gasteiger partial charge in [-0.1, -0.05) is 41.4 Å². The molecule has 0 unspecified atom stereocenters. The van der Waals surface area contributed by atoms with E-state index in [1.807, 2.05) is 30.3 Å². The first-order valence-corrected chi connectivity index (χ1v) is 6.80.